The molecule has 1 saturated heterocycles. The minimum atomic E-state index is -1.24. The van der Waals surface area contributed by atoms with Crippen LogP contribution < -0.4 is 0 Å². The summed E-state index contributed by atoms with van der Waals surface area (Å²) in [5, 5.41) is 14.1. The third-order valence-electron chi connectivity index (χ3n) is 5.54. The van der Waals surface area contributed by atoms with E-state index in [-0.39, 0.29) is 5.91 Å². The Bertz CT molecular complexity index is 585. The second kappa shape index (κ2) is 8.14. The molecule has 1 aliphatic carbocycles. The van der Waals surface area contributed by atoms with Crippen molar-refractivity contribution in [2.24, 2.45) is 5.92 Å². The van der Waals surface area contributed by atoms with Gasteiger partial charge in [0.25, 0.3) is 5.91 Å². The number of carbonyl (C=O) groups excluding carboxylic acids is 1. The SMILES string of the molecule is Cc1nc(CN(C)C[C@]2(O)CCCN(CC3CCCCC3)C2=O)cs1. The second-order valence-corrected chi connectivity index (χ2v) is 8.98. The summed E-state index contributed by atoms with van der Waals surface area (Å²) < 4.78 is 0. The maximum atomic E-state index is 12.9. The molecule has 0 bridgehead atoms. The van der Waals surface area contributed by atoms with Crippen molar-refractivity contribution >= 4 is 17.2 Å². The first-order valence-corrected chi connectivity index (χ1v) is 10.5. The third-order valence-corrected chi connectivity index (χ3v) is 6.36. The van der Waals surface area contributed by atoms with Gasteiger partial charge in [0.2, 0.25) is 0 Å². The molecule has 0 aromatic carbocycles. The molecule has 25 heavy (non-hydrogen) atoms. The molecule has 1 aromatic rings. The highest BCUT2D eigenvalue weighted by molar-refractivity contribution is 7.09. The zero-order chi connectivity index (χ0) is 17.9. The van der Waals surface area contributed by atoms with Gasteiger partial charge in [0.15, 0.2) is 5.60 Å². The zero-order valence-electron chi connectivity index (χ0n) is 15.5. The number of hydrogen-bond donors (Lipinski definition) is 1. The maximum absolute atomic E-state index is 12.9. The molecule has 2 heterocycles. The molecule has 5 nitrogen and oxygen atoms in total. The van der Waals surface area contributed by atoms with Crippen molar-refractivity contribution in [3.63, 3.8) is 0 Å². The molecule has 1 atom stereocenters. The summed E-state index contributed by atoms with van der Waals surface area (Å²) in [6, 6.07) is 0. The number of thiazole rings is 1. The van der Waals surface area contributed by atoms with Crippen LogP contribution >= 0.6 is 11.3 Å². The summed E-state index contributed by atoms with van der Waals surface area (Å²) in [4.78, 5) is 21.4. The van der Waals surface area contributed by atoms with Gasteiger partial charge in [-0.2, -0.15) is 0 Å². The van der Waals surface area contributed by atoms with Gasteiger partial charge in [-0.05, 0) is 45.6 Å². The van der Waals surface area contributed by atoms with Crippen molar-refractivity contribution in [3.05, 3.63) is 16.1 Å². The highest BCUT2D eigenvalue weighted by Crippen LogP contribution is 2.29. The lowest BCUT2D eigenvalue weighted by Crippen LogP contribution is -2.58. The van der Waals surface area contributed by atoms with E-state index in [1.54, 1.807) is 11.3 Å². The quantitative estimate of drug-likeness (QED) is 0.842. The van der Waals surface area contributed by atoms with Crippen LogP contribution in [0.2, 0.25) is 0 Å². The van der Waals surface area contributed by atoms with Gasteiger partial charge < -0.3 is 10.0 Å². The summed E-state index contributed by atoms with van der Waals surface area (Å²) in [5.41, 5.74) is -0.233. The first-order valence-electron chi connectivity index (χ1n) is 9.57. The summed E-state index contributed by atoms with van der Waals surface area (Å²) in [5.74, 6) is 0.557. The molecule has 1 aliphatic heterocycles. The van der Waals surface area contributed by atoms with Gasteiger partial charge in [0, 0.05) is 31.6 Å². The average molecular weight is 366 g/mol. The fourth-order valence-corrected chi connectivity index (χ4v) is 4.93. The average Bonchev–Trinajstić information content (AvgIpc) is 2.97. The van der Waals surface area contributed by atoms with E-state index in [1.807, 2.05) is 29.2 Å². The fraction of sp³-hybridized carbons (Fsp3) is 0.789. The minimum Gasteiger partial charge on any atom is -0.379 e. The Morgan fingerprint density at radius 2 is 2.12 bits per heavy atom. The molecule has 0 spiro atoms. The van der Waals surface area contributed by atoms with Crippen LogP contribution in [-0.2, 0) is 11.3 Å². The summed E-state index contributed by atoms with van der Waals surface area (Å²) in [6.45, 7) is 4.67. The molecule has 0 unspecified atom stereocenters. The van der Waals surface area contributed by atoms with E-state index >= 15 is 0 Å². The predicted molar refractivity (Wildman–Crippen MR) is 101 cm³/mol. The predicted octanol–water partition coefficient (Wildman–Crippen LogP) is 2.82. The lowest BCUT2D eigenvalue weighted by Gasteiger charge is -2.41. The Kier molecular flexibility index (Phi) is 6.12. The summed E-state index contributed by atoms with van der Waals surface area (Å²) in [6.07, 6.45) is 7.80. The number of aromatic nitrogens is 1. The van der Waals surface area contributed by atoms with Crippen molar-refractivity contribution in [2.45, 2.75) is 64.0 Å². The van der Waals surface area contributed by atoms with Crippen molar-refractivity contribution < 1.29 is 9.90 Å². The van der Waals surface area contributed by atoms with E-state index in [4.69, 9.17) is 0 Å². The number of hydrogen-bond acceptors (Lipinski definition) is 5. The number of likely N-dealkylation sites (N-methyl/N-ethyl adjacent to an activating group) is 1. The number of nitrogens with zero attached hydrogens (tertiary/aromatic N) is 3. The van der Waals surface area contributed by atoms with Crippen molar-refractivity contribution in [1.82, 2.24) is 14.8 Å². The van der Waals surface area contributed by atoms with E-state index in [1.165, 1.54) is 32.1 Å². The topological polar surface area (TPSA) is 56.7 Å². The number of rotatable bonds is 6. The van der Waals surface area contributed by atoms with Crippen LogP contribution in [0.4, 0.5) is 0 Å². The van der Waals surface area contributed by atoms with Gasteiger partial charge in [-0.15, -0.1) is 11.3 Å². The van der Waals surface area contributed by atoms with E-state index in [0.717, 1.165) is 30.2 Å². The summed E-state index contributed by atoms with van der Waals surface area (Å²) >= 11 is 1.64. The maximum Gasteiger partial charge on any atom is 0.255 e. The molecule has 3 rings (SSSR count). The second-order valence-electron chi connectivity index (χ2n) is 7.92. The highest BCUT2D eigenvalue weighted by Gasteiger charge is 2.43. The number of piperidine rings is 1. The van der Waals surface area contributed by atoms with E-state index in [0.29, 0.717) is 25.4 Å². The van der Waals surface area contributed by atoms with Crippen LogP contribution in [0.3, 0.4) is 0 Å². The zero-order valence-corrected chi connectivity index (χ0v) is 16.4. The van der Waals surface area contributed by atoms with Gasteiger partial charge in [-0.1, -0.05) is 19.3 Å². The Morgan fingerprint density at radius 3 is 2.80 bits per heavy atom. The molecule has 1 amide bonds. The van der Waals surface area contributed by atoms with Crippen LogP contribution in [0.25, 0.3) is 0 Å². The Hall–Kier alpha value is -0.980. The first kappa shape index (κ1) is 18.8. The van der Waals surface area contributed by atoms with Crippen LogP contribution in [0.5, 0.6) is 0 Å². The number of amides is 1. The molecular formula is C19H31N3O2S. The van der Waals surface area contributed by atoms with Crippen molar-refractivity contribution in [3.8, 4) is 0 Å². The van der Waals surface area contributed by atoms with Gasteiger partial charge in [-0.3, -0.25) is 9.69 Å². The molecule has 6 heteroatoms. The van der Waals surface area contributed by atoms with Crippen LogP contribution in [0.15, 0.2) is 5.38 Å². The number of aliphatic hydroxyl groups is 1. The molecular weight excluding hydrogens is 334 g/mol. The standard InChI is InChI=1S/C19H31N3O2S/c1-15-20-17(13-25-15)12-21(2)14-19(24)9-6-10-22(18(19)23)11-16-7-4-3-5-8-16/h13,16,24H,3-12,14H2,1-2H3/t19-/m1/s1. The third kappa shape index (κ3) is 4.80. The molecule has 2 fully saturated rings. The van der Waals surface area contributed by atoms with E-state index in [9.17, 15) is 9.90 Å². The highest BCUT2D eigenvalue weighted by atomic mass is 32.1. The first-order chi connectivity index (χ1) is 12.0. The lowest BCUT2D eigenvalue weighted by molar-refractivity contribution is -0.160. The van der Waals surface area contributed by atoms with Crippen LogP contribution in [0, 0.1) is 12.8 Å². The minimum absolute atomic E-state index is 0.0642. The lowest BCUT2D eigenvalue weighted by atomic mass is 9.86. The molecule has 1 N–H and O–H groups in total. The van der Waals surface area contributed by atoms with E-state index in [2.05, 4.69) is 4.98 Å². The number of likely N-dealkylation sites (tertiary alicyclic amines) is 1. The molecule has 2 aliphatic rings. The fourth-order valence-electron chi connectivity index (χ4n) is 4.33. The molecule has 1 aromatic heterocycles. The van der Waals surface area contributed by atoms with Crippen LogP contribution in [0.1, 0.15) is 55.6 Å². The van der Waals surface area contributed by atoms with Gasteiger partial charge >= 0.3 is 0 Å². The number of carbonyl (C=O) groups is 1. The van der Waals surface area contributed by atoms with E-state index < -0.39 is 5.60 Å². The normalized spacial score (nSPS) is 25.8. The van der Waals surface area contributed by atoms with Crippen molar-refractivity contribution in [1.29, 1.82) is 0 Å². The van der Waals surface area contributed by atoms with Gasteiger partial charge in [0.1, 0.15) is 0 Å². The summed E-state index contributed by atoms with van der Waals surface area (Å²) in [7, 11) is 1.96. The van der Waals surface area contributed by atoms with Gasteiger partial charge in [0.05, 0.1) is 10.7 Å². The Balaban J connectivity index is 1.57. The van der Waals surface area contributed by atoms with Crippen LogP contribution in [-0.4, -0.2) is 58.1 Å². The van der Waals surface area contributed by atoms with Gasteiger partial charge in [-0.25, -0.2) is 4.98 Å². The Labute approximate surface area is 155 Å². The van der Waals surface area contributed by atoms with Crippen molar-refractivity contribution in [2.75, 3.05) is 26.7 Å². The monoisotopic (exact) mass is 365 g/mol. The molecule has 140 valence electrons. The molecule has 1 saturated carbocycles. The largest absolute Gasteiger partial charge is 0.379 e. The number of aryl methyl sites for hydroxylation is 1. The smallest absolute Gasteiger partial charge is 0.255 e. The molecule has 0 radical (unpaired) electrons. The Morgan fingerprint density at radius 1 is 1.36 bits per heavy atom.